The SMILES string of the molecule is O=C1C[C@]2(C(=O)O)C[C@H]2/C=C\CCCCC[C@H](Cc2cccc(C(F)(F)F)c2)C(=O)N2C[C@H](Oc3nc4ccccc4s3)C[C@@H]12. The first-order valence-corrected chi connectivity index (χ1v) is 16.3. The third kappa shape index (κ3) is 6.78. The van der Waals surface area contributed by atoms with Gasteiger partial charge in [0.2, 0.25) is 5.91 Å². The molecule has 0 unspecified atom stereocenters. The normalized spacial score (nSPS) is 28.6. The number of fused-ring (bicyclic) bond motifs is 3. The van der Waals surface area contributed by atoms with Gasteiger partial charge in [0.05, 0.1) is 33.8 Å². The van der Waals surface area contributed by atoms with Crippen molar-refractivity contribution in [2.24, 2.45) is 17.3 Å². The molecule has 45 heavy (non-hydrogen) atoms. The maximum absolute atomic E-state index is 14.3. The molecular weight excluding hydrogens is 605 g/mol. The summed E-state index contributed by atoms with van der Waals surface area (Å²) < 4.78 is 47.6. The van der Waals surface area contributed by atoms with Crippen LogP contribution in [0.5, 0.6) is 5.19 Å². The molecule has 6 rings (SSSR count). The molecule has 0 spiro atoms. The van der Waals surface area contributed by atoms with Gasteiger partial charge in [0.1, 0.15) is 6.10 Å². The van der Waals surface area contributed by atoms with Crippen molar-refractivity contribution in [3.63, 3.8) is 0 Å². The van der Waals surface area contributed by atoms with Crippen molar-refractivity contribution >= 4 is 39.2 Å². The minimum Gasteiger partial charge on any atom is -0.481 e. The monoisotopic (exact) mass is 640 g/mol. The molecule has 1 N–H and O–H groups in total. The van der Waals surface area contributed by atoms with Crippen LogP contribution in [-0.4, -0.2) is 51.3 Å². The number of carbonyl (C=O) groups excluding carboxylic acids is 2. The summed E-state index contributed by atoms with van der Waals surface area (Å²) in [6.45, 7) is 0.105. The summed E-state index contributed by atoms with van der Waals surface area (Å²) in [5.41, 5.74) is -0.784. The fourth-order valence-corrected chi connectivity index (χ4v) is 7.69. The van der Waals surface area contributed by atoms with Crippen LogP contribution in [0.25, 0.3) is 10.2 Å². The first-order chi connectivity index (χ1) is 21.5. The van der Waals surface area contributed by atoms with Gasteiger partial charge in [0.15, 0.2) is 5.78 Å². The standard InChI is InChI=1S/C34H35F3N2O5S/c35-34(36,37)23-12-8-9-21(16-23)15-22-10-4-2-1-3-5-11-24-18-33(24,31(42)43)19-28(40)27-17-25(20-39(27)30(22)41)44-32-38-26-13-6-7-14-29(26)45-32/h5-9,11-14,16,22,24-25,27H,1-4,10,15,17-20H2,(H,42,43)/b11-5-/t22-,24-,25-,27+,33-/m1/s1. The van der Waals surface area contributed by atoms with Crippen molar-refractivity contribution in [2.45, 2.75) is 76.1 Å². The van der Waals surface area contributed by atoms with Crippen molar-refractivity contribution < 1.29 is 37.4 Å². The molecule has 238 valence electrons. The van der Waals surface area contributed by atoms with Gasteiger partial charge in [-0.25, -0.2) is 4.98 Å². The van der Waals surface area contributed by atoms with Gasteiger partial charge in [-0.1, -0.05) is 66.7 Å². The van der Waals surface area contributed by atoms with Gasteiger partial charge in [-0.2, -0.15) is 13.2 Å². The molecular formula is C34H35F3N2O5S. The van der Waals surface area contributed by atoms with Crippen LogP contribution in [0.2, 0.25) is 0 Å². The second-order valence-corrected chi connectivity index (χ2v) is 13.5. The number of hydrogen-bond acceptors (Lipinski definition) is 6. The molecule has 3 aromatic rings. The number of aromatic nitrogens is 1. The minimum absolute atomic E-state index is 0.102. The Morgan fingerprint density at radius 2 is 1.93 bits per heavy atom. The van der Waals surface area contributed by atoms with Crippen LogP contribution in [0, 0.1) is 17.3 Å². The van der Waals surface area contributed by atoms with Crippen LogP contribution >= 0.6 is 11.3 Å². The van der Waals surface area contributed by atoms with E-state index < -0.39 is 41.2 Å². The van der Waals surface area contributed by atoms with Crippen molar-refractivity contribution in [1.29, 1.82) is 0 Å². The Bertz CT molecular complexity index is 1590. The van der Waals surface area contributed by atoms with Crippen molar-refractivity contribution in [3.05, 3.63) is 71.8 Å². The number of benzene rings is 2. The van der Waals surface area contributed by atoms with E-state index in [0.29, 0.717) is 30.0 Å². The molecule has 5 atom stereocenters. The summed E-state index contributed by atoms with van der Waals surface area (Å²) in [6.07, 6.45) is 2.87. The number of thiazole rings is 1. The van der Waals surface area contributed by atoms with Gasteiger partial charge in [-0.05, 0) is 61.8 Å². The number of para-hydroxylation sites is 1. The number of rotatable bonds is 5. The highest BCUT2D eigenvalue weighted by Crippen LogP contribution is 2.57. The van der Waals surface area contributed by atoms with Crippen LogP contribution in [0.15, 0.2) is 60.7 Å². The van der Waals surface area contributed by atoms with E-state index in [-0.39, 0.29) is 43.4 Å². The van der Waals surface area contributed by atoms with Gasteiger partial charge < -0.3 is 14.7 Å². The van der Waals surface area contributed by atoms with Crippen molar-refractivity contribution in [3.8, 4) is 5.19 Å². The molecule has 11 heteroatoms. The Hall–Kier alpha value is -3.73. The number of halogens is 3. The fraction of sp³-hybridized carbons (Fsp3) is 0.471. The number of alkyl halides is 3. The lowest BCUT2D eigenvalue weighted by Crippen LogP contribution is -2.45. The average molecular weight is 641 g/mol. The smallest absolute Gasteiger partial charge is 0.416 e. The molecule has 2 fully saturated rings. The zero-order valence-corrected chi connectivity index (χ0v) is 25.5. The summed E-state index contributed by atoms with van der Waals surface area (Å²) in [5, 5.41) is 10.5. The Morgan fingerprint density at radius 1 is 1.11 bits per heavy atom. The zero-order chi connectivity index (χ0) is 31.8. The van der Waals surface area contributed by atoms with Crippen molar-refractivity contribution in [2.75, 3.05) is 6.54 Å². The van der Waals surface area contributed by atoms with Gasteiger partial charge >= 0.3 is 12.1 Å². The van der Waals surface area contributed by atoms with E-state index in [2.05, 4.69) is 4.98 Å². The van der Waals surface area contributed by atoms with E-state index in [1.54, 1.807) is 6.07 Å². The predicted molar refractivity (Wildman–Crippen MR) is 163 cm³/mol. The number of nitrogens with zero attached hydrogens (tertiary/aromatic N) is 2. The van der Waals surface area contributed by atoms with Crippen LogP contribution in [-0.2, 0) is 27.0 Å². The van der Waals surface area contributed by atoms with E-state index in [1.165, 1.54) is 22.3 Å². The lowest BCUT2D eigenvalue weighted by atomic mass is 9.90. The second kappa shape index (κ2) is 12.6. The lowest BCUT2D eigenvalue weighted by molar-refractivity contribution is -0.147. The Morgan fingerprint density at radius 3 is 2.71 bits per heavy atom. The molecule has 3 aliphatic rings. The number of carbonyl (C=O) groups is 3. The number of allylic oxidation sites excluding steroid dienone is 2. The number of aliphatic carboxylic acids is 1. The summed E-state index contributed by atoms with van der Waals surface area (Å²) in [5.74, 6) is -2.54. The molecule has 0 radical (unpaired) electrons. The zero-order valence-electron chi connectivity index (χ0n) is 24.7. The van der Waals surface area contributed by atoms with Gasteiger partial charge in [-0.15, -0.1) is 0 Å². The van der Waals surface area contributed by atoms with Crippen molar-refractivity contribution in [1.82, 2.24) is 9.88 Å². The second-order valence-electron chi connectivity index (χ2n) is 12.5. The van der Waals surface area contributed by atoms with Crippen LogP contribution in [0.4, 0.5) is 13.2 Å². The molecule has 3 heterocycles. The highest BCUT2D eigenvalue weighted by atomic mass is 32.1. The first kappa shape index (κ1) is 31.3. The maximum atomic E-state index is 14.3. The summed E-state index contributed by atoms with van der Waals surface area (Å²) in [4.78, 5) is 46.6. The Labute approximate surface area is 263 Å². The lowest BCUT2D eigenvalue weighted by Gasteiger charge is -2.29. The van der Waals surface area contributed by atoms with E-state index in [9.17, 15) is 32.7 Å². The highest BCUT2D eigenvalue weighted by Gasteiger charge is 2.61. The number of Topliss-reactive ketones (excluding diaryl/α,β-unsaturated/α-hetero) is 1. The molecule has 7 nitrogen and oxygen atoms in total. The molecule has 1 amide bonds. The summed E-state index contributed by atoms with van der Waals surface area (Å²) in [6, 6.07) is 11.7. The van der Waals surface area contributed by atoms with Crippen LogP contribution in [0.1, 0.15) is 62.5 Å². The first-order valence-electron chi connectivity index (χ1n) is 15.4. The molecule has 1 saturated heterocycles. The number of ketones is 1. The molecule has 1 aromatic heterocycles. The largest absolute Gasteiger partial charge is 0.481 e. The van der Waals surface area contributed by atoms with Gasteiger partial charge in [0, 0.05) is 18.8 Å². The van der Waals surface area contributed by atoms with E-state index in [0.717, 1.165) is 41.6 Å². The number of carboxylic acids is 1. The topological polar surface area (TPSA) is 96.8 Å². The summed E-state index contributed by atoms with van der Waals surface area (Å²) >= 11 is 1.36. The number of hydrogen-bond donors (Lipinski definition) is 1. The van der Waals surface area contributed by atoms with Gasteiger partial charge in [-0.3, -0.25) is 14.4 Å². The van der Waals surface area contributed by atoms with E-state index in [1.807, 2.05) is 36.4 Å². The summed E-state index contributed by atoms with van der Waals surface area (Å²) in [7, 11) is 0. The molecule has 0 bridgehead atoms. The minimum atomic E-state index is -4.51. The molecule has 2 aromatic carbocycles. The third-order valence-electron chi connectivity index (χ3n) is 9.39. The van der Waals surface area contributed by atoms with Gasteiger partial charge in [0.25, 0.3) is 5.19 Å². The Kier molecular flexibility index (Phi) is 8.74. The van der Waals surface area contributed by atoms with Crippen LogP contribution < -0.4 is 4.74 Å². The van der Waals surface area contributed by atoms with E-state index >= 15 is 0 Å². The maximum Gasteiger partial charge on any atom is 0.416 e. The molecule has 1 saturated carbocycles. The average Bonchev–Trinajstić information content (AvgIpc) is 3.31. The van der Waals surface area contributed by atoms with Crippen LogP contribution in [0.3, 0.4) is 0 Å². The fourth-order valence-electron chi connectivity index (χ4n) is 6.81. The Balaban J connectivity index is 1.30. The quantitative estimate of drug-likeness (QED) is 0.299. The number of carboxylic acid groups (broad SMARTS) is 1. The highest BCUT2D eigenvalue weighted by molar-refractivity contribution is 7.20. The predicted octanol–water partition coefficient (Wildman–Crippen LogP) is 7.09. The number of ether oxygens (including phenoxy) is 1. The molecule has 1 aliphatic carbocycles. The van der Waals surface area contributed by atoms with E-state index in [4.69, 9.17) is 4.74 Å². The third-order valence-corrected chi connectivity index (χ3v) is 10.3. The number of amides is 1. The molecule has 2 aliphatic heterocycles.